The van der Waals surface area contributed by atoms with E-state index < -0.39 is 0 Å². The maximum absolute atomic E-state index is 10.9. The molecule has 0 spiro atoms. The smallest absolute Gasteiger partial charge is 0.310 e. The lowest BCUT2D eigenvalue weighted by atomic mass is 10.5. The van der Waals surface area contributed by atoms with Gasteiger partial charge in [0.2, 0.25) is 5.91 Å². The molecule has 0 rings (SSSR count). The van der Waals surface area contributed by atoms with Crippen LogP contribution in [0.5, 0.6) is 0 Å². The predicted octanol–water partition coefficient (Wildman–Crippen LogP) is 0.541. The van der Waals surface area contributed by atoms with E-state index in [0.29, 0.717) is 6.42 Å². The Morgan fingerprint density at radius 2 is 2.00 bits per heavy atom. The summed E-state index contributed by atoms with van der Waals surface area (Å²) in [6, 6.07) is 0. The molecule has 0 aliphatic heterocycles. The first-order chi connectivity index (χ1) is 5.57. The Hall–Kier alpha value is -1.32. The fraction of sp³-hybridized carbons (Fsp3) is 0.500. The van der Waals surface area contributed by atoms with Crippen molar-refractivity contribution in [1.29, 1.82) is 0 Å². The second-order valence-electron chi connectivity index (χ2n) is 2.38. The number of nitrogens with zero attached hydrogens (tertiary/aromatic N) is 1. The van der Waals surface area contributed by atoms with E-state index in [1.165, 1.54) is 11.0 Å². The first kappa shape index (κ1) is 10.7. The van der Waals surface area contributed by atoms with Crippen molar-refractivity contribution in [3.63, 3.8) is 0 Å². The van der Waals surface area contributed by atoms with E-state index in [1.54, 1.807) is 21.0 Å². The number of ether oxygens (including phenoxy) is 1. The van der Waals surface area contributed by atoms with Crippen LogP contribution in [0.4, 0.5) is 0 Å². The van der Waals surface area contributed by atoms with Crippen molar-refractivity contribution in [1.82, 2.24) is 4.90 Å². The van der Waals surface area contributed by atoms with Crippen LogP contribution in [0.15, 0.2) is 12.3 Å². The number of rotatable bonds is 3. The van der Waals surface area contributed by atoms with Gasteiger partial charge in [0.1, 0.15) is 0 Å². The largest absolute Gasteiger partial charge is 0.434 e. The topological polar surface area (TPSA) is 46.6 Å². The van der Waals surface area contributed by atoms with E-state index in [1.807, 2.05) is 0 Å². The van der Waals surface area contributed by atoms with Crippen molar-refractivity contribution in [2.75, 3.05) is 14.1 Å². The highest BCUT2D eigenvalue weighted by atomic mass is 16.5. The molecule has 0 atom stereocenters. The SMILES string of the molecule is CCC(=O)O/C=C/C(=O)N(C)C. The molecule has 0 saturated carbocycles. The minimum Gasteiger partial charge on any atom is -0.434 e. The van der Waals surface area contributed by atoms with Gasteiger partial charge >= 0.3 is 5.97 Å². The highest BCUT2D eigenvalue weighted by molar-refractivity contribution is 5.87. The lowest BCUT2D eigenvalue weighted by Gasteiger charge is -2.04. The van der Waals surface area contributed by atoms with Crippen LogP contribution >= 0.6 is 0 Å². The van der Waals surface area contributed by atoms with Gasteiger partial charge in [-0.3, -0.25) is 9.59 Å². The fourth-order valence-corrected chi connectivity index (χ4v) is 0.401. The lowest BCUT2D eigenvalue weighted by Crippen LogP contribution is -2.18. The third-order valence-corrected chi connectivity index (χ3v) is 1.14. The van der Waals surface area contributed by atoms with Crippen LogP contribution in [0.3, 0.4) is 0 Å². The van der Waals surface area contributed by atoms with Crippen LogP contribution in [0.25, 0.3) is 0 Å². The van der Waals surface area contributed by atoms with Gasteiger partial charge in [-0.2, -0.15) is 0 Å². The predicted molar refractivity (Wildman–Crippen MR) is 44.2 cm³/mol. The summed E-state index contributed by atoms with van der Waals surface area (Å²) in [7, 11) is 3.24. The molecule has 0 aliphatic rings. The highest BCUT2D eigenvalue weighted by Crippen LogP contribution is 1.87. The minimum absolute atomic E-state index is 0.209. The molecule has 0 unspecified atom stereocenters. The van der Waals surface area contributed by atoms with E-state index in [-0.39, 0.29) is 11.9 Å². The van der Waals surface area contributed by atoms with Crippen LogP contribution < -0.4 is 0 Å². The number of esters is 1. The van der Waals surface area contributed by atoms with Crippen molar-refractivity contribution in [2.24, 2.45) is 0 Å². The Balaban J connectivity index is 3.77. The third kappa shape index (κ3) is 4.49. The van der Waals surface area contributed by atoms with E-state index in [0.717, 1.165) is 6.26 Å². The molecule has 4 heteroatoms. The van der Waals surface area contributed by atoms with Gasteiger partial charge in [0.05, 0.1) is 6.26 Å². The molecule has 68 valence electrons. The number of amides is 1. The number of hydrogen-bond acceptors (Lipinski definition) is 3. The van der Waals surface area contributed by atoms with Crippen LogP contribution in [0.1, 0.15) is 13.3 Å². The van der Waals surface area contributed by atoms with Gasteiger partial charge in [0.15, 0.2) is 0 Å². The molecule has 4 nitrogen and oxygen atoms in total. The summed E-state index contributed by atoms with van der Waals surface area (Å²) < 4.78 is 4.54. The quantitative estimate of drug-likeness (QED) is 0.354. The minimum atomic E-state index is -0.349. The number of likely N-dealkylation sites (N-methyl/N-ethyl adjacent to an activating group) is 1. The van der Waals surface area contributed by atoms with Crippen molar-refractivity contribution >= 4 is 11.9 Å². The normalized spacial score (nSPS) is 9.92. The van der Waals surface area contributed by atoms with Crippen molar-refractivity contribution in [3.8, 4) is 0 Å². The highest BCUT2D eigenvalue weighted by Gasteiger charge is 1.98. The summed E-state index contributed by atoms with van der Waals surface area (Å²) in [6.45, 7) is 1.68. The van der Waals surface area contributed by atoms with Gasteiger partial charge in [-0.25, -0.2) is 0 Å². The molecular weight excluding hydrogens is 158 g/mol. The Bertz CT molecular complexity index is 196. The molecule has 0 N–H and O–H groups in total. The molecule has 0 bridgehead atoms. The molecule has 12 heavy (non-hydrogen) atoms. The molecule has 0 heterocycles. The molecule has 0 fully saturated rings. The van der Waals surface area contributed by atoms with Gasteiger partial charge in [-0.1, -0.05) is 6.92 Å². The fourth-order valence-electron chi connectivity index (χ4n) is 0.401. The van der Waals surface area contributed by atoms with Crippen molar-refractivity contribution in [2.45, 2.75) is 13.3 Å². The molecule has 0 aromatic carbocycles. The summed E-state index contributed by atoms with van der Waals surface area (Å²) in [4.78, 5) is 22.8. The third-order valence-electron chi connectivity index (χ3n) is 1.14. The molecule has 1 amide bonds. The Labute approximate surface area is 71.8 Å². The van der Waals surface area contributed by atoms with Crippen LogP contribution in [-0.4, -0.2) is 30.9 Å². The summed E-state index contributed by atoms with van der Waals surface area (Å²) in [5.74, 6) is -0.559. The first-order valence-electron chi connectivity index (χ1n) is 3.65. The van der Waals surface area contributed by atoms with Gasteiger partial charge in [-0.05, 0) is 0 Å². The molecule has 0 aromatic heterocycles. The van der Waals surface area contributed by atoms with Crippen molar-refractivity contribution in [3.05, 3.63) is 12.3 Å². The van der Waals surface area contributed by atoms with Crippen LogP contribution in [0.2, 0.25) is 0 Å². The number of carbonyl (C=O) groups is 2. The average molecular weight is 171 g/mol. The van der Waals surface area contributed by atoms with Crippen molar-refractivity contribution < 1.29 is 14.3 Å². The number of hydrogen-bond donors (Lipinski definition) is 0. The zero-order valence-corrected chi connectivity index (χ0v) is 7.53. The van der Waals surface area contributed by atoms with E-state index >= 15 is 0 Å². The van der Waals surface area contributed by atoms with E-state index in [2.05, 4.69) is 4.74 Å². The summed E-state index contributed by atoms with van der Waals surface area (Å²) >= 11 is 0. The maximum Gasteiger partial charge on any atom is 0.310 e. The Kier molecular flexibility index (Phi) is 4.76. The zero-order chi connectivity index (χ0) is 9.56. The monoisotopic (exact) mass is 171 g/mol. The molecule has 0 aromatic rings. The molecule has 0 radical (unpaired) electrons. The van der Waals surface area contributed by atoms with E-state index in [9.17, 15) is 9.59 Å². The summed E-state index contributed by atoms with van der Waals surface area (Å²) in [5.41, 5.74) is 0. The van der Waals surface area contributed by atoms with E-state index in [4.69, 9.17) is 0 Å². The van der Waals surface area contributed by atoms with Crippen LogP contribution in [-0.2, 0) is 14.3 Å². The zero-order valence-electron chi connectivity index (χ0n) is 7.53. The summed E-state index contributed by atoms with van der Waals surface area (Å²) in [6.07, 6.45) is 2.61. The second-order valence-corrected chi connectivity index (χ2v) is 2.38. The summed E-state index contributed by atoms with van der Waals surface area (Å²) in [5, 5.41) is 0. The van der Waals surface area contributed by atoms with Gasteiger partial charge < -0.3 is 9.64 Å². The van der Waals surface area contributed by atoms with Gasteiger partial charge in [0.25, 0.3) is 0 Å². The van der Waals surface area contributed by atoms with Gasteiger partial charge in [0, 0.05) is 26.6 Å². The Morgan fingerprint density at radius 1 is 1.42 bits per heavy atom. The first-order valence-corrected chi connectivity index (χ1v) is 3.65. The molecule has 0 saturated heterocycles. The van der Waals surface area contributed by atoms with Crippen LogP contribution in [0, 0.1) is 0 Å². The average Bonchev–Trinajstić information content (AvgIpc) is 2.03. The molecular formula is C8H13NO3. The second kappa shape index (κ2) is 5.35. The maximum atomic E-state index is 10.9. The standard InChI is InChI=1S/C8H13NO3/c1-4-8(11)12-6-5-7(10)9(2)3/h5-6H,4H2,1-3H3/b6-5+. The Morgan fingerprint density at radius 3 is 2.42 bits per heavy atom. The lowest BCUT2D eigenvalue weighted by molar-refractivity contribution is -0.137. The molecule has 0 aliphatic carbocycles. The number of carbonyl (C=O) groups excluding carboxylic acids is 2. The van der Waals surface area contributed by atoms with Gasteiger partial charge in [-0.15, -0.1) is 0 Å².